The molecule has 1 saturated heterocycles. The van der Waals surface area contributed by atoms with Gasteiger partial charge in [0.15, 0.2) is 0 Å². The van der Waals surface area contributed by atoms with Crippen molar-refractivity contribution in [1.29, 1.82) is 0 Å². The van der Waals surface area contributed by atoms with E-state index in [1.807, 2.05) is 30.3 Å². The molecular weight excluding hydrogens is 446 g/mol. The van der Waals surface area contributed by atoms with E-state index >= 15 is 0 Å². The molecule has 4 rings (SSSR count). The van der Waals surface area contributed by atoms with Gasteiger partial charge >= 0.3 is 0 Å². The molecule has 2 heterocycles. The van der Waals surface area contributed by atoms with Crippen LogP contribution in [-0.2, 0) is 11.3 Å². The van der Waals surface area contributed by atoms with Crippen LogP contribution >= 0.6 is 15.9 Å². The van der Waals surface area contributed by atoms with Gasteiger partial charge in [-0.15, -0.1) is 0 Å². The van der Waals surface area contributed by atoms with E-state index in [0.717, 1.165) is 52.5 Å². The average molecular weight is 470 g/mol. The van der Waals surface area contributed by atoms with Crippen molar-refractivity contribution < 1.29 is 14.6 Å². The number of phenols is 1. The molecule has 1 aromatic heterocycles. The van der Waals surface area contributed by atoms with Crippen LogP contribution in [0.2, 0.25) is 0 Å². The predicted octanol–water partition coefficient (Wildman–Crippen LogP) is 4.56. The lowest BCUT2D eigenvalue weighted by molar-refractivity contribution is -0.121. The van der Waals surface area contributed by atoms with E-state index in [2.05, 4.69) is 31.1 Å². The van der Waals surface area contributed by atoms with Crippen LogP contribution in [0.5, 0.6) is 11.5 Å². The quantitative estimate of drug-likeness (QED) is 0.572. The van der Waals surface area contributed by atoms with Crippen LogP contribution in [0.4, 0.5) is 5.82 Å². The van der Waals surface area contributed by atoms with Gasteiger partial charge in [0.2, 0.25) is 5.91 Å². The maximum absolute atomic E-state index is 12.6. The van der Waals surface area contributed by atoms with Gasteiger partial charge in [-0.3, -0.25) is 9.69 Å². The number of amides is 1. The Balaban J connectivity index is 1.41. The van der Waals surface area contributed by atoms with E-state index in [1.165, 1.54) is 0 Å². The number of pyridine rings is 1. The number of benzene rings is 2. The van der Waals surface area contributed by atoms with Crippen molar-refractivity contribution in [3.05, 3.63) is 58.7 Å². The van der Waals surface area contributed by atoms with Gasteiger partial charge in [-0.1, -0.05) is 12.1 Å². The van der Waals surface area contributed by atoms with Crippen molar-refractivity contribution in [1.82, 2.24) is 9.88 Å². The molecule has 1 aliphatic heterocycles. The summed E-state index contributed by atoms with van der Waals surface area (Å²) in [6.07, 6.45) is 3.22. The monoisotopic (exact) mass is 469 g/mol. The molecule has 3 aromatic rings. The number of carbonyl (C=O) groups is 1. The predicted molar refractivity (Wildman–Crippen MR) is 121 cm³/mol. The minimum atomic E-state index is -0.0343. The molecule has 2 N–H and O–H groups in total. The van der Waals surface area contributed by atoms with Crippen molar-refractivity contribution in [2.24, 2.45) is 5.92 Å². The first-order chi connectivity index (χ1) is 14.5. The van der Waals surface area contributed by atoms with Gasteiger partial charge in [-0.25, -0.2) is 4.98 Å². The van der Waals surface area contributed by atoms with Gasteiger partial charge in [0.05, 0.1) is 7.11 Å². The summed E-state index contributed by atoms with van der Waals surface area (Å²) in [5.41, 5.74) is 0.897. The number of phenolic OH excluding ortho intramolecular Hbond substituents is 1. The first-order valence-electron chi connectivity index (χ1n) is 9.97. The lowest BCUT2D eigenvalue weighted by Gasteiger charge is -2.31. The van der Waals surface area contributed by atoms with E-state index in [9.17, 15) is 9.90 Å². The highest BCUT2D eigenvalue weighted by atomic mass is 79.9. The molecule has 7 heteroatoms. The number of aromatic hydroxyl groups is 1. The van der Waals surface area contributed by atoms with Crippen LogP contribution < -0.4 is 10.1 Å². The molecule has 1 aliphatic rings. The lowest BCUT2D eigenvalue weighted by atomic mass is 9.95. The fourth-order valence-electron chi connectivity index (χ4n) is 3.90. The molecule has 30 heavy (non-hydrogen) atoms. The number of carbonyl (C=O) groups excluding carboxylic acids is 1. The highest BCUT2D eigenvalue weighted by Gasteiger charge is 2.26. The number of nitrogens with one attached hydrogen (secondary N) is 1. The second-order valence-corrected chi connectivity index (χ2v) is 8.47. The molecule has 1 amide bonds. The normalized spacial score (nSPS) is 15.3. The SMILES string of the molecule is COc1ccc2ccc(O)c(CN3CCC(C(=O)Nc4ccc(Br)cn4)CC3)c2c1. The summed E-state index contributed by atoms with van der Waals surface area (Å²) >= 11 is 3.34. The molecule has 0 saturated carbocycles. The van der Waals surface area contributed by atoms with Crippen LogP contribution in [-0.4, -0.2) is 41.1 Å². The second kappa shape index (κ2) is 9.02. The van der Waals surface area contributed by atoms with Gasteiger partial charge in [0, 0.05) is 28.7 Å². The molecule has 0 bridgehead atoms. The highest BCUT2D eigenvalue weighted by Crippen LogP contribution is 2.32. The number of hydrogen-bond donors (Lipinski definition) is 2. The van der Waals surface area contributed by atoms with Gasteiger partial charge in [0.25, 0.3) is 0 Å². The zero-order valence-corrected chi connectivity index (χ0v) is 18.4. The lowest BCUT2D eigenvalue weighted by Crippen LogP contribution is -2.37. The fourth-order valence-corrected chi connectivity index (χ4v) is 4.13. The van der Waals surface area contributed by atoms with Crippen molar-refractivity contribution >= 4 is 38.4 Å². The summed E-state index contributed by atoms with van der Waals surface area (Å²) in [4.78, 5) is 19.1. The Morgan fingerprint density at radius 1 is 1.23 bits per heavy atom. The number of halogens is 1. The number of fused-ring (bicyclic) bond motifs is 1. The van der Waals surface area contributed by atoms with Crippen LogP contribution in [0.25, 0.3) is 10.8 Å². The Morgan fingerprint density at radius 3 is 2.70 bits per heavy atom. The molecule has 156 valence electrons. The molecule has 0 unspecified atom stereocenters. The smallest absolute Gasteiger partial charge is 0.228 e. The molecule has 0 spiro atoms. The van der Waals surface area contributed by atoms with E-state index in [4.69, 9.17) is 4.74 Å². The Bertz CT molecular complexity index is 1050. The minimum Gasteiger partial charge on any atom is -0.508 e. The topological polar surface area (TPSA) is 74.7 Å². The van der Waals surface area contributed by atoms with Gasteiger partial charge in [0.1, 0.15) is 17.3 Å². The number of rotatable bonds is 5. The van der Waals surface area contributed by atoms with Crippen molar-refractivity contribution in [3.8, 4) is 11.5 Å². The molecule has 2 aromatic carbocycles. The molecule has 0 atom stereocenters. The molecule has 0 radical (unpaired) electrons. The number of piperidine rings is 1. The average Bonchev–Trinajstić information content (AvgIpc) is 2.77. The molecule has 1 fully saturated rings. The molecule has 6 nitrogen and oxygen atoms in total. The summed E-state index contributed by atoms with van der Waals surface area (Å²) in [5.74, 6) is 1.61. The molecule has 0 aliphatic carbocycles. The Kier molecular flexibility index (Phi) is 6.20. The third-order valence-corrected chi connectivity index (χ3v) is 6.10. The number of anilines is 1. The maximum Gasteiger partial charge on any atom is 0.228 e. The summed E-state index contributed by atoms with van der Waals surface area (Å²) in [5, 5.41) is 15.5. The second-order valence-electron chi connectivity index (χ2n) is 7.55. The first kappa shape index (κ1) is 20.6. The number of methoxy groups -OCH3 is 1. The number of nitrogens with zero attached hydrogens (tertiary/aromatic N) is 2. The summed E-state index contributed by atoms with van der Waals surface area (Å²) < 4.78 is 6.23. The van der Waals surface area contributed by atoms with Crippen LogP contribution in [0, 0.1) is 5.92 Å². The van der Waals surface area contributed by atoms with E-state index in [-0.39, 0.29) is 17.6 Å². The largest absolute Gasteiger partial charge is 0.508 e. The van der Waals surface area contributed by atoms with Gasteiger partial charge in [-0.05, 0) is 83.0 Å². The summed E-state index contributed by atoms with van der Waals surface area (Å²) in [6.45, 7) is 2.23. The van der Waals surface area contributed by atoms with Crippen LogP contribution in [0.1, 0.15) is 18.4 Å². The highest BCUT2D eigenvalue weighted by molar-refractivity contribution is 9.10. The number of hydrogen-bond acceptors (Lipinski definition) is 5. The Labute approximate surface area is 184 Å². The number of aromatic nitrogens is 1. The van der Waals surface area contributed by atoms with Crippen LogP contribution in [0.3, 0.4) is 0 Å². The third kappa shape index (κ3) is 4.57. The van der Waals surface area contributed by atoms with Gasteiger partial charge < -0.3 is 15.2 Å². The van der Waals surface area contributed by atoms with E-state index < -0.39 is 0 Å². The Hall–Kier alpha value is -2.64. The van der Waals surface area contributed by atoms with E-state index in [1.54, 1.807) is 25.4 Å². The zero-order chi connectivity index (χ0) is 21.1. The Morgan fingerprint density at radius 2 is 2.00 bits per heavy atom. The van der Waals surface area contributed by atoms with Crippen LogP contribution in [0.15, 0.2) is 53.1 Å². The van der Waals surface area contributed by atoms with Crippen molar-refractivity contribution in [2.75, 3.05) is 25.5 Å². The van der Waals surface area contributed by atoms with Gasteiger partial charge in [-0.2, -0.15) is 0 Å². The first-order valence-corrected chi connectivity index (χ1v) is 10.8. The van der Waals surface area contributed by atoms with Crippen molar-refractivity contribution in [2.45, 2.75) is 19.4 Å². The number of likely N-dealkylation sites (tertiary alicyclic amines) is 1. The maximum atomic E-state index is 12.6. The minimum absolute atomic E-state index is 0.0159. The summed E-state index contributed by atoms with van der Waals surface area (Å²) in [6, 6.07) is 13.2. The van der Waals surface area contributed by atoms with Crippen molar-refractivity contribution in [3.63, 3.8) is 0 Å². The molecular formula is C23H24BrN3O3. The van der Waals surface area contributed by atoms with E-state index in [0.29, 0.717) is 12.4 Å². The number of ether oxygens (including phenoxy) is 1. The zero-order valence-electron chi connectivity index (χ0n) is 16.8. The fraction of sp³-hybridized carbons (Fsp3) is 0.304. The summed E-state index contributed by atoms with van der Waals surface area (Å²) in [7, 11) is 1.64. The third-order valence-electron chi connectivity index (χ3n) is 5.63. The standard InChI is InChI=1S/C23H24BrN3O3/c1-30-18-5-2-15-3-6-21(28)20(19(15)12-18)14-27-10-8-16(9-11-27)23(29)26-22-7-4-17(24)13-25-22/h2-7,12-13,16,28H,8-11,14H2,1H3,(H,25,26,29).